The summed E-state index contributed by atoms with van der Waals surface area (Å²) in [5, 5.41) is 3.33. The van der Waals surface area contributed by atoms with Crippen molar-refractivity contribution >= 4 is 5.91 Å². The van der Waals surface area contributed by atoms with Crippen LogP contribution in [0.4, 0.5) is 0 Å². The number of rotatable bonds is 5. The number of nitrogens with one attached hydrogen (secondary N) is 2. The SMILES string of the molecule is Cc1ccc(C)n1NC(=O)CCNC1CC1. The maximum atomic E-state index is 11.6. The van der Waals surface area contributed by atoms with Crippen LogP contribution in [0.15, 0.2) is 12.1 Å². The predicted molar refractivity (Wildman–Crippen MR) is 63.9 cm³/mol. The highest BCUT2D eigenvalue weighted by molar-refractivity contribution is 5.84. The van der Waals surface area contributed by atoms with Crippen molar-refractivity contribution < 1.29 is 4.79 Å². The lowest BCUT2D eigenvalue weighted by Gasteiger charge is -2.11. The molecule has 1 fully saturated rings. The molecule has 0 radical (unpaired) electrons. The van der Waals surface area contributed by atoms with Crippen LogP contribution >= 0.6 is 0 Å². The minimum atomic E-state index is 0.0653. The first-order chi connectivity index (χ1) is 7.66. The summed E-state index contributed by atoms with van der Waals surface area (Å²) in [4.78, 5) is 11.6. The lowest BCUT2D eigenvalue weighted by Crippen LogP contribution is -2.28. The van der Waals surface area contributed by atoms with Gasteiger partial charge in [-0.05, 0) is 38.8 Å². The van der Waals surface area contributed by atoms with Crippen LogP contribution in [0, 0.1) is 13.8 Å². The van der Waals surface area contributed by atoms with Gasteiger partial charge < -0.3 is 5.32 Å². The van der Waals surface area contributed by atoms with Crippen LogP contribution < -0.4 is 10.7 Å². The maximum Gasteiger partial charge on any atom is 0.240 e. The molecule has 1 heterocycles. The van der Waals surface area contributed by atoms with E-state index in [1.54, 1.807) is 0 Å². The van der Waals surface area contributed by atoms with Crippen LogP contribution in [0.1, 0.15) is 30.7 Å². The van der Waals surface area contributed by atoms with Crippen LogP contribution in [-0.2, 0) is 4.79 Å². The van der Waals surface area contributed by atoms with E-state index in [1.165, 1.54) is 12.8 Å². The van der Waals surface area contributed by atoms with Gasteiger partial charge in [-0.3, -0.25) is 14.9 Å². The summed E-state index contributed by atoms with van der Waals surface area (Å²) in [6.07, 6.45) is 3.06. The van der Waals surface area contributed by atoms with Crippen molar-refractivity contribution in [1.29, 1.82) is 0 Å². The second-order valence-corrected chi connectivity index (χ2v) is 4.46. The molecule has 1 aliphatic rings. The molecular formula is C12H19N3O. The van der Waals surface area contributed by atoms with Crippen molar-refractivity contribution in [2.75, 3.05) is 12.0 Å². The van der Waals surface area contributed by atoms with Gasteiger partial charge in [0, 0.05) is 30.4 Å². The molecule has 1 aromatic rings. The Kier molecular flexibility index (Phi) is 3.29. The van der Waals surface area contributed by atoms with Gasteiger partial charge in [-0.25, -0.2) is 0 Å². The van der Waals surface area contributed by atoms with E-state index >= 15 is 0 Å². The molecule has 4 nitrogen and oxygen atoms in total. The molecule has 1 aliphatic carbocycles. The average molecular weight is 221 g/mol. The highest BCUT2D eigenvalue weighted by Gasteiger charge is 2.20. The molecule has 0 spiro atoms. The molecule has 1 saturated carbocycles. The Morgan fingerprint density at radius 3 is 2.56 bits per heavy atom. The van der Waals surface area contributed by atoms with Gasteiger partial charge >= 0.3 is 0 Å². The first-order valence-corrected chi connectivity index (χ1v) is 5.85. The van der Waals surface area contributed by atoms with Gasteiger partial charge in [0.2, 0.25) is 5.91 Å². The lowest BCUT2D eigenvalue weighted by atomic mass is 10.4. The third-order valence-corrected chi connectivity index (χ3v) is 2.87. The Bertz CT molecular complexity index is 360. The fraction of sp³-hybridized carbons (Fsp3) is 0.583. The van der Waals surface area contributed by atoms with E-state index in [0.29, 0.717) is 12.5 Å². The van der Waals surface area contributed by atoms with Gasteiger partial charge in [-0.15, -0.1) is 0 Å². The summed E-state index contributed by atoms with van der Waals surface area (Å²) >= 11 is 0. The van der Waals surface area contributed by atoms with Gasteiger partial charge in [0.05, 0.1) is 0 Å². The Morgan fingerprint density at radius 2 is 2.00 bits per heavy atom. The second-order valence-electron chi connectivity index (χ2n) is 4.46. The van der Waals surface area contributed by atoms with Crippen LogP contribution in [0.25, 0.3) is 0 Å². The normalized spacial score (nSPS) is 15.1. The minimum absolute atomic E-state index is 0.0653. The van der Waals surface area contributed by atoms with Crippen molar-refractivity contribution in [3.8, 4) is 0 Å². The van der Waals surface area contributed by atoms with Crippen LogP contribution in [0.5, 0.6) is 0 Å². The average Bonchev–Trinajstić information content (AvgIpc) is 3.01. The van der Waals surface area contributed by atoms with E-state index < -0.39 is 0 Å². The molecule has 4 heteroatoms. The summed E-state index contributed by atoms with van der Waals surface area (Å²) in [6, 6.07) is 4.67. The zero-order chi connectivity index (χ0) is 11.5. The smallest absolute Gasteiger partial charge is 0.240 e. The molecule has 0 saturated heterocycles. The summed E-state index contributed by atoms with van der Waals surface area (Å²) in [5.74, 6) is 0.0653. The standard InChI is InChI=1S/C12H19N3O/c1-9-3-4-10(2)15(9)14-12(16)7-8-13-11-5-6-11/h3-4,11,13H,5-8H2,1-2H3,(H,14,16). The highest BCUT2D eigenvalue weighted by atomic mass is 16.2. The van der Waals surface area contributed by atoms with Crippen LogP contribution in [0.3, 0.4) is 0 Å². The largest absolute Gasteiger partial charge is 0.313 e. The zero-order valence-electron chi connectivity index (χ0n) is 9.92. The molecule has 2 N–H and O–H groups in total. The molecule has 1 amide bonds. The second kappa shape index (κ2) is 4.70. The van der Waals surface area contributed by atoms with Gasteiger partial charge in [0.1, 0.15) is 0 Å². The Morgan fingerprint density at radius 1 is 1.38 bits per heavy atom. The van der Waals surface area contributed by atoms with E-state index in [4.69, 9.17) is 0 Å². The molecule has 0 bridgehead atoms. The number of aryl methyl sites for hydroxylation is 2. The number of amides is 1. The van der Waals surface area contributed by atoms with Crippen molar-refractivity contribution in [1.82, 2.24) is 9.99 Å². The summed E-state index contributed by atoms with van der Waals surface area (Å²) < 4.78 is 1.83. The van der Waals surface area contributed by atoms with E-state index in [2.05, 4.69) is 10.7 Å². The highest BCUT2D eigenvalue weighted by Crippen LogP contribution is 2.18. The quantitative estimate of drug-likeness (QED) is 0.787. The monoisotopic (exact) mass is 221 g/mol. The third-order valence-electron chi connectivity index (χ3n) is 2.87. The van der Waals surface area contributed by atoms with Gasteiger partial charge in [-0.2, -0.15) is 0 Å². The van der Waals surface area contributed by atoms with Crippen molar-refractivity contribution in [2.45, 2.75) is 39.2 Å². The lowest BCUT2D eigenvalue weighted by molar-refractivity contribution is -0.117. The summed E-state index contributed by atoms with van der Waals surface area (Å²) in [5.41, 5.74) is 5.00. The Balaban J connectivity index is 1.77. The molecule has 88 valence electrons. The number of hydrogen-bond acceptors (Lipinski definition) is 2. The van der Waals surface area contributed by atoms with E-state index in [9.17, 15) is 4.79 Å². The fourth-order valence-corrected chi connectivity index (χ4v) is 1.70. The van der Waals surface area contributed by atoms with Gasteiger partial charge in [0.15, 0.2) is 0 Å². The van der Waals surface area contributed by atoms with Crippen molar-refractivity contribution in [2.24, 2.45) is 0 Å². The Labute approximate surface area is 96.0 Å². The van der Waals surface area contributed by atoms with E-state index in [-0.39, 0.29) is 5.91 Å². The first kappa shape index (κ1) is 11.2. The molecule has 0 aromatic carbocycles. The molecular weight excluding hydrogens is 202 g/mol. The third kappa shape index (κ3) is 2.85. The number of aromatic nitrogens is 1. The summed E-state index contributed by atoms with van der Waals surface area (Å²) in [6.45, 7) is 4.74. The summed E-state index contributed by atoms with van der Waals surface area (Å²) in [7, 11) is 0. The first-order valence-electron chi connectivity index (χ1n) is 5.85. The minimum Gasteiger partial charge on any atom is -0.313 e. The predicted octanol–water partition coefficient (Wildman–Crippen LogP) is 1.32. The number of carbonyl (C=O) groups is 1. The van der Waals surface area contributed by atoms with E-state index in [0.717, 1.165) is 17.9 Å². The van der Waals surface area contributed by atoms with Gasteiger partial charge in [-0.1, -0.05) is 0 Å². The number of hydrogen-bond donors (Lipinski definition) is 2. The molecule has 0 unspecified atom stereocenters. The van der Waals surface area contributed by atoms with Crippen molar-refractivity contribution in [3.63, 3.8) is 0 Å². The molecule has 1 aromatic heterocycles. The molecule has 0 atom stereocenters. The molecule has 0 aliphatic heterocycles. The topological polar surface area (TPSA) is 46.1 Å². The number of nitrogens with zero attached hydrogens (tertiary/aromatic N) is 1. The van der Waals surface area contributed by atoms with Crippen LogP contribution in [0.2, 0.25) is 0 Å². The number of carbonyl (C=O) groups excluding carboxylic acids is 1. The molecule has 2 rings (SSSR count). The maximum absolute atomic E-state index is 11.6. The zero-order valence-corrected chi connectivity index (χ0v) is 9.92. The fourth-order valence-electron chi connectivity index (χ4n) is 1.70. The van der Waals surface area contributed by atoms with Crippen LogP contribution in [-0.4, -0.2) is 23.2 Å². The molecule has 16 heavy (non-hydrogen) atoms. The Hall–Kier alpha value is -1.29. The van der Waals surface area contributed by atoms with E-state index in [1.807, 2.05) is 30.7 Å². The van der Waals surface area contributed by atoms with Gasteiger partial charge in [0.25, 0.3) is 0 Å². The van der Waals surface area contributed by atoms with Crippen molar-refractivity contribution in [3.05, 3.63) is 23.5 Å².